The predicted octanol–water partition coefficient (Wildman–Crippen LogP) is 3.50. The summed E-state index contributed by atoms with van der Waals surface area (Å²) in [6.07, 6.45) is 5.95. The Kier molecular flexibility index (Phi) is 3.14. The van der Waals surface area contributed by atoms with E-state index >= 15 is 0 Å². The zero-order valence-electron chi connectivity index (χ0n) is 11.4. The fraction of sp³-hybridized carbons (Fsp3) is 0.714. The molecule has 98 valence electrons. The van der Waals surface area contributed by atoms with Crippen LogP contribution in [0.5, 0.6) is 0 Å². The third-order valence-electron chi connectivity index (χ3n) is 3.85. The minimum Gasteiger partial charge on any atom is -0.222 e. The van der Waals surface area contributed by atoms with Crippen LogP contribution in [0.1, 0.15) is 50.0 Å². The highest BCUT2D eigenvalue weighted by Gasteiger charge is 2.24. The van der Waals surface area contributed by atoms with Crippen LogP contribution in [0, 0.1) is 11.8 Å². The minimum atomic E-state index is 0.667. The van der Waals surface area contributed by atoms with Crippen LogP contribution >= 0.6 is 11.3 Å². The molecule has 0 amide bonds. The van der Waals surface area contributed by atoms with E-state index in [1.54, 1.807) is 11.3 Å². The quantitative estimate of drug-likeness (QED) is 0.848. The van der Waals surface area contributed by atoms with Crippen LogP contribution in [-0.4, -0.2) is 14.6 Å². The van der Waals surface area contributed by atoms with Crippen LogP contribution in [0.25, 0.3) is 4.96 Å². The molecule has 4 heteroatoms. The molecule has 3 rings (SSSR count). The van der Waals surface area contributed by atoms with Gasteiger partial charge < -0.3 is 0 Å². The molecule has 0 N–H and O–H groups in total. The monoisotopic (exact) mass is 263 g/mol. The summed E-state index contributed by atoms with van der Waals surface area (Å²) in [7, 11) is 0. The number of hydrogen-bond donors (Lipinski definition) is 0. The average molecular weight is 263 g/mol. The number of rotatable bonds is 3. The summed E-state index contributed by atoms with van der Waals surface area (Å²) in [5.41, 5.74) is 2.68. The Bertz CT molecular complexity index is 553. The van der Waals surface area contributed by atoms with Gasteiger partial charge in [0.25, 0.3) is 0 Å². The maximum Gasteiger partial charge on any atom is 0.212 e. The van der Waals surface area contributed by atoms with Gasteiger partial charge in [0.1, 0.15) is 5.01 Å². The highest BCUT2D eigenvalue weighted by molar-refractivity contribution is 7.16. The first-order valence-electron chi connectivity index (χ1n) is 7.03. The smallest absolute Gasteiger partial charge is 0.212 e. The Balaban J connectivity index is 1.96. The number of fused-ring (bicyclic) bond motifs is 3. The van der Waals surface area contributed by atoms with Crippen molar-refractivity contribution in [2.24, 2.45) is 11.8 Å². The molecule has 1 aliphatic carbocycles. The highest BCUT2D eigenvalue weighted by Crippen LogP contribution is 2.30. The maximum atomic E-state index is 4.77. The van der Waals surface area contributed by atoms with Gasteiger partial charge in [0, 0.05) is 6.42 Å². The summed E-state index contributed by atoms with van der Waals surface area (Å²) < 4.78 is 2.12. The highest BCUT2D eigenvalue weighted by atomic mass is 32.1. The van der Waals surface area contributed by atoms with Gasteiger partial charge in [-0.1, -0.05) is 38.5 Å². The standard InChI is InChI=1S/C14H21N3S/c1-4-10-5-6-11-12(8-10)17-14(15-11)18-13(16-17)7-9(2)3/h9-10H,4-8H2,1-3H3. The van der Waals surface area contributed by atoms with Gasteiger partial charge >= 0.3 is 0 Å². The van der Waals surface area contributed by atoms with E-state index in [1.807, 2.05) is 0 Å². The van der Waals surface area contributed by atoms with Crippen molar-refractivity contribution in [1.82, 2.24) is 14.6 Å². The van der Waals surface area contributed by atoms with Gasteiger partial charge in [0.05, 0.1) is 11.4 Å². The first-order chi connectivity index (χ1) is 8.67. The Hall–Kier alpha value is -0.900. The second-order valence-corrected chi connectivity index (χ2v) is 6.85. The zero-order valence-corrected chi connectivity index (χ0v) is 12.3. The van der Waals surface area contributed by atoms with Gasteiger partial charge in [-0.05, 0) is 31.1 Å². The number of hydrogen-bond acceptors (Lipinski definition) is 3. The van der Waals surface area contributed by atoms with Gasteiger partial charge in [-0.3, -0.25) is 0 Å². The van der Waals surface area contributed by atoms with E-state index in [9.17, 15) is 0 Å². The fourth-order valence-electron chi connectivity index (χ4n) is 2.77. The fourth-order valence-corrected chi connectivity index (χ4v) is 3.92. The van der Waals surface area contributed by atoms with Crippen molar-refractivity contribution in [3.63, 3.8) is 0 Å². The van der Waals surface area contributed by atoms with Crippen LogP contribution in [-0.2, 0) is 19.3 Å². The van der Waals surface area contributed by atoms with Crippen molar-refractivity contribution in [2.75, 3.05) is 0 Å². The molecule has 0 spiro atoms. The molecule has 0 saturated carbocycles. The summed E-state index contributed by atoms with van der Waals surface area (Å²) in [5, 5.41) is 6.00. The lowest BCUT2D eigenvalue weighted by Crippen LogP contribution is -2.15. The van der Waals surface area contributed by atoms with Crippen molar-refractivity contribution in [2.45, 2.75) is 52.9 Å². The van der Waals surface area contributed by atoms with E-state index in [-0.39, 0.29) is 0 Å². The van der Waals surface area contributed by atoms with Gasteiger partial charge in [0.2, 0.25) is 4.96 Å². The van der Waals surface area contributed by atoms with E-state index in [0.29, 0.717) is 5.92 Å². The van der Waals surface area contributed by atoms with Crippen molar-refractivity contribution in [3.8, 4) is 0 Å². The minimum absolute atomic E-state index is 0.667. The first kappa shape index (κ1) is 12.2. The molecule has 1 unspecified atom stereocenters. The van der Waals surface area contributed by atoms with E-state index in [0.717, 1.165) is 30.1 Å². The number of aromatic nitrogens is 3. The topological polar surface area (TPSA) is 30.2 Å². The summed E-state index contributed by atoms with van der Waals surface area (Å²) in [6, 6.07) is 0. The van der Waals surface area contributed by atoms with Crippen molar-refractivity contribution in [1.29, 1.82) is 0 Å². The molecule has 2 aromatic rings. The van der Waals surface area contributed by atoms with Gasteiger partial charge in [-0.25, -0.2) is 9.50 Å². The Morgan fingerprint density at radius 1 is 1.44 bits per heavy atom. The molecule has 2 heterocycles. The Morgan fingerprint density at radius 2 is 2.28 bits per heavy atom. The van der Waals surface area contributed by atoms with Gasteiger partial charge in [0.15, 0.2) is 0 Å². The Morgan fingerprint density at radius 3 is 3.00 bits per heavy atom. The SMILES string of the molecule is CCC1CCc2nc3sc(CC(C)C)nn3c2C1. The molecular formula is C14H21N3S. The van der Waals surface area contributed by atoms with Crippen molar-refractivity contribution in [3.05, 3.63) is 16.4 Å². The molecule has 0 aliphatic heterocycles. The van der Waals surface area contributed by atoms with Gasteiger partial charge in [-0.15, -0.1) is 0 Å². The zero-order chi connectivity index (χ0) is 12.7. The molecule has 0 fully saturated rings. The molecular weight excluding hydrogens is 242 g/mol. The third kappa shape index (κ3) is 2.07. The van der Waals surface area contributed by atoms with Crippen LogP contribution < -0.4 is 0 Å². The third-order valence-corrected chi connectivity index (χ3v) is 4.78. The van der Waals surface area contributed by atoms with Crippen LogP contribution in [0.15, 0.2) is 0 Å². The molecule has 18 heavy (non-hydrogen) atoms. The molecule has 2 aromatic heterocycles. The van der Waals surface area contributed by atoms with Gasteiger partial charge in [-0.2, -0.15) is 5.10 Å². The van der Waals surface area contributed by atoms with Crippen LogP contribution in [0.2, 0.25) is 0 Å². The van der Waals surface area contributed by atoms with E-state index in [2.05, 4.69) is 25.3 Å². The number of imidazole rings is 1. The first-order valence-corrected chi connectivity index (χ1v) is 7.85. The molecule has 0 bridgehead atoms. The number of nitrogens with zero attached hydrogens (tertiary/aromatic N) is 3. The summed E-state index contributed by atoms with van der Waals surface area (Å²) >= 11 is 1.77. The maximum absolute atomic E-state index is 4.77. The van der Waals surface area contributed by atoms with E-state index in [1.165, 1.54) is 29.2 Å². The van der Waals surface area contributed by atoms with Crippen LogP contribution in [0.4, 0.5) is 0 Å². The summed E-state index contributed by atoms with van der Waals surface area (Å²) in [4.78, 5) is 5.87. The largest absolute Gasteiger partial charge is 0.222 e. The molecule has 0 radical (unpaired) electrons. The Labute approximate surface area is 112 Å². The molecule has 3 nitrogen and oxygen atoms in total. The lowest BCUT2D eigenvalue weighted by molar-refractivity contribution is 0.432. The lowest BCUT2D eigenvalue weighted by atomic mass is 9.88. The van der Waals surface area contributed by atoms with Crippen molar-refractivity contribution >= 4 is 16.3 Å². The van der Waals surface area contributed by atoms with Crippen LogP contribution in [0.3, 0.4) is 0 Å². The molecule has 0 saturated heterocycles. The van der Waals surface area contributed by atoms with E-state index in [4.69, 9.17) is 10.1 Å². The predicted molar refractivity (Wildman–Crippen MR) is 75.2 cm³/mol. The summed E-state index contributed by atoms with van der Waals surface area (Å²) in [6.45, 7) is 6.78. The van der Waals surface area contributed by atoms with Crippen molar-refractivity contribution < 1.29 is 0 Å². The molecule has 1 aliphatic rings. The number of aryl methyl sites for hydroxylation is 1. The van der Waals surface area contributed by atoms with E-state index < -0.39 is 0 Å². The second kappa shape index (κ2) is 4.65. The average Bonchev–Trinajstić information content (AvgIpc) is 2.84. The molecule has 0 aromatic carbocycles. The lowest BCUT2D eigenvalue weighted by Gasteiger charge is -2.19. The normalized spacial score (nSPS) is 19.7. The second-order valence-electron chi connectivity index (χ2n) is 5.81. The summed E-state index contributed by atoms with van der Waals surface area (Å²) in [5.74, 6) is 1.49. The molecule has 1 atom stereocenters.